The number of aromatic nitrogens is 3. The Morgan fingerprint density at radius 3 is 2.56 bits per heavy atom. The molecule has 1 fully saturated rings. The van der Waals surface area contributed by atoms with Crippen LogP contribution in [0.4, 0.5) is 0 Å². The highest BCUT2D eigenvalue weighted by molar-refractivity contribution is 14.0. The first-order valence-electron chi connectivity index (χ1n) is 11.6. The van der Waals surface area contributed by atoms with Crippen molar-refractivity contribution in [3.8, 4) is 11.1 Å². The van der Waals surface area contributed by atoms with Crippen LogP contribution in [0.15, 0.2) is 66.2 Å². The lowest BCUT2D eigenvalue weighted by Crippen LogP contribution is -2.46. The van der Waals surface area contributed by atoms with E-state index in [1.807, 2.05) is 11.7 Å². The van der Waals surface area contributed by atoms with Gasteiger partial charge in [-0.05, 0) is 46.9 Å². The first kappa shape index (κ1) is 26.2. The molecule has 4 rings (SSSR count). The molecule has 1 heterocycles. The predicted molar refractivity (Wildman–Crippen MR) is 147 cm³/mol. The fourth-order valence-corrected chi connectivity index (χ4v) is 4.43. The van der Waals surface area contributed by atoms with Gasteiger partial charge in [-0.3, -0.25) is 4.99 Å². The summed E-state index contributed by atoms with van der Waals surface area (Å²) >= 11 is 0. The van der Waals surface area contributed by atoms with Crippen molar-refractivity contribution in [2.45, 2.75) is 38.8 Å². The molecule has 0 spiro atoms. The number of methoxy groups -OCH3 is 1. The average molecular weight is 575 g/mol. The van der Waals surface area contributed by atoms with Gasteiger partial charge >= 0.3 is 0 Å². The number of aliphatic imine (C=N–C) groups is 1. The smallest absolute Gasteiger partial charge is 0.191 e. The number of rotatable bonds is 10. The molecule has 182 valence electrons. The summed E-state index contributed by atoms with van der Waals surface area (Å²) in [5.41, 5.74) is 5.21. The zero-order chi connectivity index (χ0) is 22.9. The summed E-state index contributed by atoms with van der Waals surface area (Å²) in [4.78, 5) is 8.45. The summed E-state index contributed by atoms with van der Waals surface area (Å²) in [5.74, 6) is 0.844. The van der Waals surface area contributed by atoms with Crippen LogP contribution in [0.3, 0.4) is 0 Å². The summed E-state index contributed by atoms with van der Waals surface area (Å²) in [7, 11) is 3.61. The maximum Gasteiger partial charge on any atom is 0.191 e. The molecule has 0 unspecified atom stereocenters. The van der Waals surface area contributed by atoms with Gasteiger partial charge in [0.1, 0.15) is 12.7 Å². The van der Waals surface area contributed by atoms with E-state index in [0.717, 1.165) is 32.1 Å². The Labute approximate surface area is 219 Å². The maximum atomic E-state index is 5.32. The van der Waals surface area contributed by atoms with E-state index >= 15 is 0 Å². The molecule has 0 bridgehead atoms. The molecule has 8 heteroatoms. The molecule has 0 atom stereocenters. The van der Waals surface area contributed by atoms with Gasteiger partial charge < -0.3 is 15.4 Å². The van der Waals surface area contributed by atoms with Gasteiger partial charge in [0.05, 0.1) is 6.54 Å². The van der Waals surface area contributed by atoms with E-state index in [-0.39, 0.29) is 24.0 Å². The van der Waals surface area contributed by atoms with Crippen molar-refractivity contribution < 1.29 is 4.74 Å². The average Bonchev–Trinajstić information content (AvgIpc) is 3.34. The lowest BCUT2D eigenvalue weighted by Gasteiger charge is -2.42. The van der Waals surface area contributed by atoms with Crippen LogP contribution in [0.2, 0.25) is 0 Å². The highest BCUT2D eigenvalue weighted by atomic mass is 127. The van der Waals surface area contributed by atoms with Crippen molar-refractivity contribution in [1.29, 1.82) is 0 Å². The standard InChI is InChI=1S/C26H34N6O.HI/c1-27-25(30-18-26(12-5-13-26)14-15-33-2)29-16-23-6-3-4-7-24(23)22-10-8-21(9-11-22)17-32-20-28-19-31-32;/h3-4,6-11,19-20H,5,12-18H2,1-2H3,(H2,27,29,30);1H. The number of ether oxygens (including phenoxy) is 1. The quantitative estimate of drug-likeness (QED) is 0.212. The summed E-state index contributed by atoms with van der Waals surface area (Å²) in [6, 6.07) is 17.2. The van der Waals surface area contributed by atoms with Crippen molar-refractivity contribution in [1.82, 2.24) is 25.4 Å². The number of guanidine groups is 1. The summed E-state index contributed by atoms with van der Waals surface area (Å²) < 4.78 is 7.15. The molecule has 1 aliphatic carbocycles. The minimum Gasteiger partial charge on any atom is -0.385 e. The lowest BCUT2D eigenvalue weighted by atomic mass is 9.67. The van der Waals surface area contributed by atoms with Crippen LogP contribution in [0.25, 0.3) is 11.1 Å². The normalized spacial score (nSPS) is 14.7. The molecule has 7 nitrogen and oxygen atoms in total. The summed E-state index contributed by atoms with van der Waals surface area (Å²) in [6.07, 6.45) is 8.23. The van der Waals surface area contributed by atoms with Crippen LogP contribution in [-0.2, 0) is 17.8 Å². The van der Waals surface area contributed by atoms with Gasteiger partial charge in [0, 0.05) is 33.9 Å². The van der Waals surface area contributed by atoms with E-state index in [2.05, 4.69) is 74.2 Å². The number of hydrogen-bond donors (Lipinski definition) is 2. The predicted octanol–water partition coefficient (Wildman–Crippen LogP) is 4.48. The van der Waals surface area contributed by atoms with Gasteiger partial charge in [-0.2, -0.15) is 5.10 Å². The van der Waals surface area contributed by atoms with Crippen LogP contribution in [0.1, 0.15) is 36.8 Å². The SMILES string of the molecule is CN=C(NCc1ccccc1-c1ccc(Cn2cncn2)cc1)NCC1(CCOC)CCC1.I. The largest absolute Gasteiger partial charge is 0.385 e. The topological polar surface area (TPSA) is 76.4 Å². The molecule has 2 aromatic carbocycles. The lowest BCUT2D eigenvalue weighted by molar-refractivity contribution is 0.0732. The highest BCUT2D eigenvalue weighted by Crippen LogP contribution is 2.43. The number of nitrogens with one attached hydrogen (secondary N) is 2. The third-order valence-corrected chi connectivity index (χ3v) is 6.64. The highest BCUT2D eigenvalue weighted by Gasteiger charge is 2.36. The van der Waals surface area contributed by atoms with Crippen molar-refractivity contribution in [2.24, 2.45) is 10.4 Å². The van der Waals surface area contributed by atoms with E-state index in [1.54, 1.807) is 19.8 Å². The molecule has 1 saturated carbocycles. The minimum atomic E-state index is 0. The van der Waals surface area contributed by atoms with Gasteiger partial charge in [-0.15, -0.1) is 24.0 Å². The third kappa shape index (κ3) is 6.79. The maximum absolute atomic E-state index is 5.32. The Kier molecular flexibility index (Phi) is 9.88. The van der Waals surface area contributed by atoms with Gasteiger partial charge in [0.15, 0.2) is 5.96 Å². The fourth-order valence-electron chi connectivity index (χ4n) is 4.43. The molecular formula is C26H35IN6O. The molecule has 2 N–H and O–H groups in total. The first-order valence-corrected chi connectivity index (χ1v) is 11.6. The molecule has 0 saturated heterocycles. The third-order valence-electron chi connectivity index (χ3n) is 6.64. The second-order valence-corrected chi connectivity index (χ2v) is 8.82. The van der Waals surface area contributed by atoms with Crippen molar-refractivity contribution >= 4 is 29.9 Å². The van der Waals surface area contributed by atoms with E-state index in [1.165, 1.54) is 41.5 Å². The Hall–Kier alpha value is -2.46. The van der Waals surface area contributed by atoms with Crippen LogP contribution >= 0.6 is 24.0 Å². The Balaban J connectivity index is 0.00000324. The van der Waals surface area contributed by atoms with E-state index in [0.29, 0.717) is 12.0 Å². The van der Waals surface area contributed by atoms with Gasteiger partial charge in [-0.25, -0.2) is 9.67 Å². The summed E-state index contributed by atoms with van der Waals surface area (Å²) in [5, 5.41) is 11.2. The monoisotopic (exact) mass is 574 g/mol. The van der Waals surface area contributed by atoms with Crippen LogP contribution in [0.5, 0.6) is 0 Å². The second kappa shape index (κ2) is 12.9. The number of hydrogen-bond acceptors (Lipinski definition) is 4. The molecule has 0 aliphatic heterocycles. The van der Waals surface area contributed by atoms with Crippen molar-refractivity contribution in [2.75, 3.05) is 27.3 Å². The number of halogens is 1. The summed E-state index contributed by atoms with van der Waals surface area (Å²) in [6.45, 7) is 3.18. The molecular weight excluding hydrogens is 539 g/mol. The van der Waals surface area contributed by atoms with Gasteiger partial charge in [0.2, 0.25) is 0 Å². The van der Waals surface area contributed by atoms with E-state index in [9.17, 15) is 0 Å². The molecule has 34 heavy (non-hydrogen) atoms. The molecule has 0 amide bonds. The van der Waals surface area contributed by atoms with Gasteiger partial charge in [-0.1, -0.05) is 55.0 Å². The Morgan fingerprint density at radius 2 is 1.91 bits per heavy atom. The molecule has 1 aromatic heterocycles. The zero-order valence-corrected chi connectivity index (χ0v) is 22.4. The van der Waals surface area contributed by atoms with E-state index in [4.69, 9.17) is 4.74 Å². The van der Waals surface area contributed by atoms with Crippen LogP contribution in [-0.4, -0.2) is 48.0 Å². The minimum absolute atomic E-state index is 0. The Morgan fingerprint density at radius 1 is 1.12 bits per heavy atom. The zero-order valence-electron chi connectivity index (χ0n) is 20.0. The Bertz CT molecular complexity index is 1030. The van der Waals surface area contributed by atoms with Crippen molar-refractivity contribution in [3.05, 3.63) is 72.3 Å². The van der Waals surface area contributed by atoms with Crippen LogP contribution < -0.4 is 10.6 Å². The molecule has 1 aliphatic rings. The fraction of sp³-hybridized carbons (Fsp3) is 0.423. The molecule has 0 radical (unpaired) electrons. The second-order valence-electron chi connectivity index (χ2n) is 8.82. The number of benzene rings is 2. The van der Waals surface area contributed by atoms with Crippen molar-refractivity contribution in [3.63, 3.8) is 0 Å². The molecule has 3 aromatic rings. The van der Waals surface area contributed by atoms with Gasteiger partial charge in [0.25, 0.3) is 0 Å². The van der Waals surface area contributed by atoms with Crippen LogP contribution in [0, 0.1) is 5.41 Å². The first-order chi connectivity index (χ1) is 16.2. The number of nitrogens with zero attached hydrogens (tertiary/aromatic N) is 4. The van der Waals surface area contributed by atoms with E-state index < -0.39 is 0 Å².